The fraction of sp³-hybridized carbons (Fsp3) is 0.364. The molecule has 3 rings (SSSR count). The number of ether oxygens (including phenoxy) is 2. The molecule has 0 radical (unpaired) electrons. The predicted molar refractivity (Wildman–Crippen MR) is 101 cm³/mol. The van der Waals surface area contributed by atoms with E-state index >= 15 is 0 Å². The molecule has 1 saturated carbocycles. The van der Waals surface area contributed by atoms with Gasteiger partial charge < -0.3 is 14.6 Å². The van der Waals surface area contributed by atoms with Gasteiger partial charge in [0.2, 0.25) is 6.10 Å². The molecular weight excluding hydrogens is 401 g/mol. The summed E-state index contributed by atoms with van der Waals surface area (Å²) in [6.07, 6.45) is 0.959. The summed E-state index contributed by atoms with van der Waals surface area (Å²) in [6.45, 7) is 1.84. The zero-order chi connectivity index (χ0) is 21.9. The molecule has 1 fully saturated rings. The van der Waals surface area contributed by atoms with E-state index in [4.69, 9.17) is 14.6 Å². The van der Waals surface area contributed by atoms with Crippen LogP contribution in [0.25, 0.3) is 0 Å². The highest BCUT2D eigenvalue weighted by atomic mass is 19.3. The highest BCUT2D eigenvalue weighted by Gasteiger charge is 2.51. The number of halogens is 3. The summed E-state index contributed by atoms with van der Waals surface area (Å²) in [4.78, 5) is 23.6. The van der Waals surface area contributed by atoms with Gasteiger partial charge in [0.1, 0.15) is 5.60 Å². The maximum absolute atomic E-state index is 14.3. The largest absolute Gasteiger partial charge is 0.484 e. The fourth-order valence-corrected chi connectivity index (χ4v) is 3.47. The maximum atomic E-state index is 14.3. The minimum absolute atomic E-state index is 0.185. The van der Waals surface area contributed by atoms with Crippen LogP contribution in [0.2, 0.25) is 0 Å². The Morgan fingerprint density at radius 3 is 2.33 bits per heavy atom. The Kier molecular flexibility index (Phi) is 6.05. The van der Waals surface area contributed by atoms with E-state index in [-0.39, 0.29) is 16.9 Å². The van der Waals surface area contributed by atoms with Gasteiger partial charge >= 0.3 is 17.9 Å². The zero-order valence-corrected chi connectivity index (χ0v) is 16.2. The first-order chi connectivity index (χ1) is 14.1. The average Bonchev–Trinajstić information content (AvgIpc) is 3.14. The van der Waals surface area contributed by atoms with Crippen molar-refractivity contribution in [2.45, 2.75) is 50.2 Å². The summed E-state index contributed by atoms with van der Waals surface area (Å²) < 4.78 is 53.4. The number of benzene rings is 2. The molecule has 1 atom stereocenters. The van der Waals surface area contributed by atoms with Crippen LogP contribution < -0.4 is 4.74 Å². The number of alkyl halides is 2. The lowest BCUT2D eigenvalue weighted by molar-refractivity contribution is -0.183. The summed E-state index contributed by atoms with van der Waals surface area (Å²) in [5.74, 6) is -8.90. The third-order valence-corrected chi connectivity index (χ3v) is 5.13. The van der Waals surface area contributed by atoms with Crippen LogP contribution in [0.1, 0.15) is 54.6 Å². The number of carbonyl (C=O) groups excluding carboxylic acids is 1. The normalized spacial score (nSPS) is 16.7. The van der Waals surface area contributed by atoms with Crippen molar-refractivity contribution < 1.29 is 37.3 Å². The smallest absolute Gasteiger partial charge is 0.382 e. The van der Waals surface area contributed by atoms with Gasteiger partial charge in [-0.05, 0) is 56.4 Å². The van der Waals surface area contributed by atoms with E-state index in [9.17, 15) is 22.8 Å². The van der Waals surface area contributed by atoms with Crippen LogP contribution in [0.15, 0.2) is 48.5 Å². The molecule has 0 aromatic heterocycles. The monoisotopic (exact) mass is 422 g/mol. The zero-order valence-electron chi connectivity index (χ0n) is 16.2. The third-order valence-electron chi connectivity index (χ3n) is 5.13. The Morgan fingerprint density at radius 1 is 1.10 bits per heavy atom. The van der Waals surface area contributed by atoms with E-state index in [1.165, 1.54) is 24.3 Å². The fourth-order valence-electron chi connectivity index (χ4n) is 3.47. The van der Waals surface area contributed by atoms with Gasteiger partial charge in [0.15, 0.2) is 11.6 Å². The molecule has 1 aliphatic carbocycles. The molecule has 0 aliphatic heterocycles. The summed E-state index contributed by atoms with van der Waals surface area (Å²) in [7, 11) is 0. The van der Waals surface area contributed by atoms with Crippen molar-refractivity contribution in [3.63, 3.8) is 0 Å². The Balaban J connectivity index is 1.87. The van der Waals surface area contributed by atoms with Crippen LogP contribution in [0.5, 0.6) is 5.75 Å². The first kappa shape index (κ1) is 21.7. The number of hydrogen-bond donors (Lipinski definition) is 1. The lowest BCUT2D eigenvalue weighted by Gasteiger charge is -2.26. The molecule has 5 nitrogen and oxygen atoms in total. The SMILES string of the molecule is CC1(Oc2cc(C(=O)OC(c3ccccc3)C(F)(F)C(=O)O)ccc2F)CCCC1. The Labute approximate surface area is 171 Å². The van der Waals surface area contributed by atoms with E-state index in [0.717, 1.165) is 43.9 Å². The number of hydrogen-bond acceptors (Lipinski definition) is 4. The molecule has 2 aromatic rings. The van der Waals surface area contributed by atoms with Crippen molar-refractivity contribution in [1.82, 2.24) is 0 Å². The minimum atomic E-state index is -4.37. The van der Waals surface area contributed by atoms with Crippen molar-refractivity contribution in [2.75, 3.05) is 0 Å². The number of carboxylic acids is 1. The maximum Gasteiger partial charge on any atom is 0.382 e. The lowest BCUT2D eigenvalue weighted by atomic mass is 10.0. The van der Waals surface area contributed by atoms with Gasteiger partial charge in [0.25, 0.3) is 0 Å². The molecule has 0 amide bonds. The standard InChI is InChI=1S/C22H21F3O5/c1-21(11-5-6-12-21)30-17-13-15(9-10-16(17)23)19(26)29-18(22(24,25)20(27)28)14-7-3-2-4-8-14/h2-4,7-10,13,18H,5-6,11-12H2,1H3,(H,27,28). The molecule has 0 saturated heterocycles. The third kappa shape index (κ3) is 4.58. The summed E-state index contributed by atoms with van der Waals surface area (Å²) in [5, 5.41) is 8.91. The first-order valence-electron chi connectivity index (χ1n) is 9.48. The van der Waals surface area contributed by atoms with Crippen LogP contribution in [0.4, 0.5) is 13.2 Å². The van der Waals surface area contributed by atoms with Crippen LogP contribution in [0.3, 0.4) is 0 Å². The Hall–Kier alpha value is -3.03. The summed E-state index contributed by atoms with van der Waals surface area (Å²) in [6, 6.07) is 9.99. The van der Waals surface area contributed by atoms with Crippen molar-refractivity contribution >= 4 is 11.9 Å². The molecule has 1 aliphatic rings. The highest BCUT2D eigenvalue weighted by Crippen LogP contribution is 2.37. The molecule has 0 spiro atoms. The molecule has 8 heteroatoms. The summed E-state index contributed by atoms with van der Waals surface area (Å²) in [5.41, 5.74) is -0.989. The molecule has 1 unspecified atom stereocenters. The Morgan fingerprint density at radius 2 is 1.73 bits per heavy atom. The van der Waals surface area contributed by atoms with Gasteiger partial charge in [0.05, 0.1) is 5.56 Å². The number of carboxylic acid groups (broad SMARTS) is 1. The van der Waals surface area contributed by atoms with Crippen LogP contribution in [-0.2, 0) is 9.53 Å². The molecular formula is C22H21F3O5. The van der Waals surface area contributed by atoms with Crippen molar-refractivity contribution in [3.8, 4) is 5.75 Å². The van der Waals surface area contributed by atoms with Gasteiger partial charge in [-0.25, -0.2) is 14.0 Å². The molecule has 0 heterocycles. The summed E-state index contributed by atoms with van der Waals surface area (Å²) >= 11 is 0. The van der Waals surface area contributed by atoms with Crippen molar-refractivity contribution in [2.24, 2.45) is 0 Å². The molecule has 160 valence electrons. The predicted octanol–water partition coefficient (Wildman–Crippen LogP) is 5.16. The van der Waals surface area contributed by atoms with Crippen molar-refractivity contribution in [1.29, 1.82) is 0 Å². The van der Waals surface area contributed by atoms with E-state index in [1.807, 2.05) is 6.92 Å². The highest BCUT2D eigenvalue weighted by molar-refractivity contribution is 5.90. The molecule has 0 bridgehead atoms. The number of carbonyl (C=O) groups is 2. The second kappa shape index (κ2) is 8.38. The Bertz CT molecular complexity index is 924. The van der Waals surface area contributed by atoms with Gasteiger partial charge in [0, 0.05) is 0 Å². The van der Waals surface area contributed by atoms with Crippen LogP contribution in [0, 0.1) is 5.82 Å². The van der Waals surface area contributed by atoms with Crippen molar-refractivity contribution in [3.05, 3.63) is 65.5 Å². The number of aliphatic carboxylic acids is 1. The molecule has 2 aromatic carbocycles. The molecule has 30 heavy (non-hydrogen) atoms. The van der Waals surface area contributed by atoms with Gasteiger partial charge in [-0.3, -0.25) is 0 Å². The topological polar surface area (TPSA) is 72.8 Å². The lowest BCUT2D eigenvalue weighted by Crippen LogP contribution is -2.38. The second-order valence-corrected chi connectivity index (χ2v) is 7.53. The van der Waals surface area contributed by atoms with E-state index < -0.39 is 35.4 Å². The van der Waals surface area contributed by atoms with E-state index in [2.05, 4.69) is 0 Å². The quantitative estimate of drug-likeness (QED) is 0.625. The van der Waals surface area contributed by atoms with Gasteiger partial charge in [-0.1, -0.05) is 30.3 Å². The first-order valence-corrected chi connectivity index (χ1v) is 9.48. The van der Waals surface area contributed by atoms with Gasteiger partial charge in [-0.2, -0.15) is 8.78 Å². The average molecular weight is 422 g/mol. The van der Waals surface area contributed by atoms with Gasteiger partial charge in [-0.15, -0.1) is 0 Å². The van der Waals surface area contributed by atoms with E-state index in [1.54, 1.807) is 6.07 Å². The minimum Gasteiger partial charge on any atom is -0.484 e. The number of esters is 1. The number of rotatable bonds is 7. The van der Waals surface area contributed by atoms with Crippen LogP contribution in [-0.4, -0.2) is 28.6 Å². The second-order valence-electron chi connectivity index (χ2n) is 7.53. The van der Waals surface area contributed by atoms with E-state index in [0.29, 0.717) is 0 Å². The molecule has 1 N–H and O–H groups in total. The van der Waals surface area contributed by atoms with Crippen LogP contribution >= 0.6 is 0 Å².